The van der Waals surface area contributed by atoms with Crippen LogP contribution in [-0.2, 0) is 54.5 Å². The van der Waals surface area contributed by atoms with Gasteiger partial charge in [0, 0.05) is 69.3 Å². The zero-order chi connectivity index (χ0) is 90.0. The van der Waals surface area contributed by atoms with E-state index in [1.54, 1.807) is 50.1 Å². The lowest BCUT2D eigenvalue weighted by Crippen LogP contribution is -2.44. The number of allylic oxidation sites excluding steroid dienone is 2. The van der Waals surface area contributed by atoms with Gasteiger partial charge >= 0.3 is 0 Å². The third kappa shape index (κ3) is 29.1. The standard InChI is InChI=1S/C18H30N3O5P.C17H28N3O5P.C15H24BrN2O3P.C15H25N2O3PS.C14H23BrN3O3P/c1-11-19-17(20-12(2)22)14(24-3)10-21(11)18-16(25-4)15(23)13(26-18)8-9-27(5,6)7;1-10-18-16(19-11(2)21)13(24-3)9-20(10)17-15(23)14(22)12(25-17)7-8-26(4,5)6;1-9-7-11(17)10(16)8-18(9)15-14(20)13(19)12(21-15)5-6-22(2,3)4;1-9-10(8-17(2)15(22)16-9)14-13(19)12(18)11(20-14)6-7-21(3,4)5;1-8-17-13(16)9(15)7-18(8)14-12(20)11(19)10(21-14)5-6-22(2,3)4/h10,13,15-16,18,23H,1,5,8-9H2,2-4,6-7H3,(H,19,20,22);9,12,14-15,17,22-23H,1,4,7-8H2,2-3,5-6H3,(H,18,19,21);7-8,12-15,19-20H,1-2,5-6,17H2,3-4H3;8,11-14,18-19H,3,6-7H2,1-2,4-5H3;7,10-12,14,19-20H,1-2,5-6H2,3-4H3,(H2,16,17)/t13-,15-,16-,18-;12-,14-,15-,17-;12-,13-,14-,15-;11-,12-,13-,14+;10-,11-,12-,14-/m11111/s1. The second-order valence-electron chi connectivity index (χ2n) is 34.0. The van der Waals surface area contributed by atoms with E-state index in [-0.39, 0.29) is 41.5 Å². The number of carbonyl (C=O) groups is 2. The van der Waals surface area contributed by atoms with Crippen molar-refractivity contribution in [3.8, 4) is 0 Å². The number of carbonyl (C=O) groups excluding carboxylic acids is 2. The van der Waals surface area contributed by atoms with Crippen LogP contribution in [0.1, 0.15) is 63.3 Å². The fourth-order valence-electron chi connectivity index (χ4n) is 13.4. The summed E-state index contributed by atoms with van der Waals surface area (Å²) in [6.07, 6.45) is 24.0. The van der Waals surface area contributed by atoms with Crippen molar-refractivity contribution in [2.45, 2.75) is 175 Å². The highest BCUT2D eigenvalue weighted by molar-refractivity contribution is 9.12. The number of aliphatic hydroxyl groups is 9. The van der Waals surface area contributed by atoms with Crippen molar-refractivity contribution in [1.29, 1.82) is 0 Å². The fourth-order valence-corrected chi connectivity index (χ4v) is 19.0. The van der Waals surface area contributed by atoms with Gasteiger partial charge in [0.1, 0.15) is 90.4 Å². The summed E-state index contributed by atoms with van der Waals surface area (Å²) < 4.78 is 49.3. The van der Waals surface area contributed by atoms with Gasteiger partial charge in [0.15, 0.2) is 52.9 Å². The lowest BCUT2D eigenvalue weighted by Gasteiger charge is -2.33. The van der Waals surface area contributed by atoms with E-state index in [0.717, 1.165) is 42.1 Å². The first-order valence-electron chi connectivity index (χ1n) is 38.4. The molecule has 40 heteroatoms. The van der Waals surface area contributed by atoms with Crippen molar-refractivity contribution >= 4 is 139 Å². The van der Waals surface area contributed by atoms with E-state index in [9.17, 15) is 55.5 Å². The van der Waals surface area contributed by atoms with Crippen LogP contribution in [0.5, 0.6) is 0 Å². The van der Waals surface area contributed by atoms with Gasteiger partial charge in [0.05, 0.1) is 66.1 Å². The Bertz CT molecular complexity index is 4350. The summed E-state index contributed by atoms with van der Waals surface area (Å²) in [5.74, 6) is 1.90. The summed E-state index contributed by atoms with van der Waals surface area (Å²) in [7, 11) is 6.27. The van der Waals surface area contributed by atoms with E-state index < -0.39 is 145 Å². The number of aliphatic imine (C=N–C) groups is 3. The van der Waals surface area contributed by atoms with Crippen LogP contribution in [0.15, 0.2) is 128 Å². The molecule has 2 amide bonds. The van der Waals surface area contributed by atoms with E-state index in [0.29, 0.717) is 86.2 Å². The quantitative estimate of drug-likeness (QED) is 0.0481. The van der Waals surface area contributed by atoms with Crippen molar-refractivity contribution in [1.82, 2.24) is 39.8 Å². The monoisotopic (exact) mass is 1910 g/mol. The third-order valence-electron chi connectivity index (χ3n) is 20.1. The molecule has 9 aliphatic rings. The Labute approximate surface area is 724 Å². The molecule has 5 fully saturated rings. The third-order valence-corrected chi connectivity index (χ3v) is 29.1. The van der Waals surface area contributed by atoms with E-state index >= 15 is 0 Å². The first-order valence-corrected chi connectivity index (χ1v) is 55.7. The van der Waals surface area contributed by atoms with Crippen molar-refractivity contribution in [3.63, 3.8) is 0 Å². The molecular weight excluding hydrogens is 1780 g/mol. The number of methoxy groups -OCH3 is 3. The Balaban J connectivity index is 0.000000231. The summed E-state index contributed by atoms with van der Waals surface area (Å²) in [5, 5.41) is 98.3. The average Bonchev–Trinajstić information content (AvgIpc) is 1.72. The maximum atomic E-state index is 11.4. The van der Waals surface area contributed by atoms with Crippen molar-refractivity contribution < 1.29 is 93.4 Å². The Kier molecular flexibility index (Phi) is 37.5. The lowest BCUT2D eigenvalue weighted by atomic mass is 10.0. The maximum Gasteiger partial charge on any atom is 0.222 e. The molecule has 20 atom stereocenters. The van der Waals surface area contributed by atoms with Crippen molar-refractivity contribution in [2.75, 3.05) is 119 Å². The molecule has 32 nitrogen and oxygen atoms in total. The highest BCUT2D eigenvalue weighted by Gasteiger charge is 2.51. The number of aromatic nitrogens is 2. The number of hydrogen-bond donors (Lipinski definition) is 13. The smallest absolute Gasteiger partial charge is 0.222 e. The first kappa shape index (κ1) is 103. The summed E-state index contributed by atoms with van der Waals surface area (Å²) in [6, 6.07) is 0. The first-order chi connectivity index (χ1) is 54.9. The summed E-state index contributed by atoms with van der Waals surface area (Å²) >= 11 is 11.8. The van der Waals surface area contributed by atoms with Crippen LogP contribution in [0.3, 0.4) is 0 Å². The number of nitrogens with two attached hydrogens (primary N) is 2. The maximum absolute atomic E-state index is 11.4. The molecule has 10 rings (SSSR count). The fraction of sp³-hybridized carbons (Fsp3) is 0.595. The number of halogens is 2. The number of aliphatic hydroxyl groups excluding tert-OH is 9. The number of aryl methyl sites for hydroxylation is 2. The van der Waals surface area contributed by atoms with E-state index in [1.807, 2.05) is 20.2 Å². The highest BCUT2D eigenvalue weighted by atomic mass is 79.9. The number of nitrogens with zero attached hydrogens (tertiary/aromatic N) is 9. The molecule has 5 saturated heterocycles. The SMILES string of the molecule is C=C1C=C(N)C(Br)=CN1[C@@H]1O[C@H](CCP(=C)(C)C)[C@@H](O)[C@H]1O.C=C1N=C(N)C(Br)=CN1[C@@H]1O[C@H](CCP(=C)(C)C)[C@@H](O)[C@H]1O.C=C1N=C(NC(C)=O)C(OC)=CN1[C@@H]1O[C@H](CCP(=C)(C)C)[C@@H](O)[C@H]1O.C=C1N=C(NC(C)=O)C(OC)=CN1[C@@H]1O[C@H](CCP(=C)(C)C)[C@@H](O)[C@H]1OC.C=P(C)(C)CC[C@H]1O[C@@H](c2cn(C)c(=S)nc2C)[C@H](O)[C@@H]1O. The second kappa shape index (κ2) is 43.4. The molecule has 0 aliphatic carbocycles. The molecule has 119 heavy (non-hydrogen) atoms. The van der Waals surface area contributed by atoms with Crippen LogP contribution < -0.4 is 22.1 Å². The normalized spacial score (nSPS) is 30.5. The van der Waals surface area contributed by atoms with Crippen molar-refractivity contribution in [3.05, 3.63) is 129 Å². The van der Waals surface area contributed by atoms with Crippen LogP contribution >= 0.6 is 78.5 Å². The van der Waals surface area contributed by atoms with E-state index in [2.05, 4.69) is 187 Å². The molecule has 0 aromatic carbocycles. The van der Waals surface area contributed by atoms with Crippen molar-refractivity contribution in [2.24, 2.45) is 33.5 Å². The molecule has 0 bridgehead atoms. The Hall–Kier alpha value is -4.83. The topological polar surface area (TPSA) is 434 Å². The van der Waals surface area contributed by atoms with E-state index in [1.165, 1.54) is 40.1 Å². The number of nitrogens with one attached hydrogen (secondary N) is 2. The predicted octanol–water partition coefficient (Wildman–Crippen LogP) is 5.41. The van der Waals surface area contributed by atoms with Crippen LogP contribution in [0, 0.1) is 11.7 Å². The van der Waals surface area contributed by atoms with Gasteiger partial charge in [-0.2, -0.15) is 0 Å². The van der Waals surface area contributed by atoms with Gasteiger partial charge in [-0.25, -0.2) is 20.0 Å². The molecule has 0 spiro atoms. The number of amides is 2. The molecule has 1 aromatic heterocycles. The Morgan fingerprint density at radius 3 is 1.20 bits per heavy atom. The molecule has 670 valence electrons. The molecule has 0 radical (unpaired) electrons. The van der Waals surface area contributed by atoms with E-state index in [4.69, 9.17) is 61.6 Å². The number of amidine groups is 3. The van der Waals surface area contributed by atoms with Gasteiger partial charge in [0.2, 0.25) is 11.8 Å². The summed E-state index contributed by atoms with van der Waals surface area (Å²) in [4.78, 5) is 46.0. The minimum atomic E-state index is -1.26. The largest absolute Gasteiger partial charge is 0.491 e. The Morgan fingerprint density at radius 2 is 0.832 bits per heavy atom. The second-order valence-corrected chi connectivity index (χ2v) is 57.7. The minimum absolute atomic E-state index is 0.231. The summed E-state index contributed by atoms with van der Waals surface area (Å²) in [6.45, 7) is 35.4. The number of ether oxygens (including phenoxy) is 8. The van der Waals surface area contributed by atoms with Gasteiger partial charge in [-0.05, 0) is 187 Å². The molecular formula is C79H130Br2N13O19P5S. The van der Waals surface area contributed by atoms with Gasteiger partial charge in [-0.3, -0.25) is 9.59 Å². The van der Waals surface area contributed by atoms with Gasteiger partial charge in [-0.1, -0.05) is 26.3 Å². The zero-order valence-electron chi connectivity index (χ0n) is 71.6. The van der Waals surface area contributed by atoms with Gasteiger partial charge < -0.3 is 130 Å². The molecule has 10 heterocycles. The Morgan fingerprint density at radius 1 is 0.504 bits per heavy atom. The van der Waals surface area contributed by atoms with Crippen LogP contribution in [0.2, 0.25) is 0 Å². The molecule has 1 aromatic rings. The summed E-state index contributed by atoms with van der Waals surface area (Å²) in [5.41, 5.74) is 14.2. The minimum Gasteiger partial charge on any atom is -0.491 e. The zero-order valence-corrected chi connectivity index (χ0v) is 80.1. The highest BCUT2D eigenvalue weighted by Crippen LogP contribution is 2.46. The number of rotatable bonds is 23. The molecule has 0 saturated carbocycles. The van der Waals surface area contributed by atoms with Crippen LogP contribution in [0.25, 0.3) is 0 Å². The van der Waals surface area contributed by atoms with Gasteiger partial charge in [0.25, 0.3) is 0 Å². The number of hydrogen-bond acceptors (Lipinski definition) is 30. The molecule has 15 N–H and O–H groups in total. The van der Waals surface area contributed by atoms with Gasteiger partial charge in [-0.15, -0.1) is 65.9 Å². The van der Waals surface area contributed by atoms with Crippen LogP contribution in [-0.4, -0.2) is 371 Å². The molecule has 0 unspecified atom stereocenters. The average molecular weight is 1910 g/mol. The molecule has 9 aliphatic heterocycles. The van der Waals surface area contributed by atoms with Crippen LogP contribution in [0.4, 0.5) is 0 Å². The lowest BCUT2D eigenvalue weighted by molar-refractivity contribution is -0.118. The predicted molar refractivity (Wildman–Crippen MR) is 497 cm³/mol.